The lowest BCUT2D eigenvalue weighted by atomic mass is 10.4. The maximum atomic E-state index is 11.7. The predicted octanol–water partition coefficient (Wildman–Crippen LogP) is 1.29. The van der Waals surface area contributed by atoms with Gasteiger partial charge in [-0.25, -0.2) is 4.68 Å². The summed E-state index contributed by atoms with van der Waals surface area (Å²) in [7, 11) is 0. The van der Waals surface area contributed by atoms with E-state index in [2.05, 4.69) is 25.9 Å². The molecule has 0 aromatic carbocycles. The van der Waals surface area contributed by atoms with Crippen molar-refractivity contribution in [3.63, 3.8) is 0 Å². The molecule has 0 aliphatic heterocycles. The second kappa shape index (κ2) is 6.73. The fourth-order valence-corrected chi connectivity index (χ4v) is 1.92. The van der Waals surface area contributed by atoms with E-state index >= 15 is 0 Å². The first-order valence-corrected chi connectivity index (χ1v) is 7.10. The quantitative estimate of drug-likeness (QED) is 0.712. The van der Waals surface area contributed by atoms with E-state index in [-0.39, 0.29) is 12.5 Å². The Balaban J connectivity index is 1.49. The van der Waals surface area contributed by atoms with E-state index in [9.17, 15) is 4.79 Å². The van der Waals surface area contributed by atoms with Gasteiger partial charge in [0.15, 0.2) is 5.82 Å². The molecule has 3 rings (SSSR count). The Morgan fingerprint density at radius 3 is 2.83 bits per heavy atom. The van der Waals surface area contributed by atoms with E-state index in [1.54, 1.807) is 35.2 Å². The molecule has 0 unspecified atom stereocenters. The highest BCUT2D eigenvalue weighted by atomic mass is 16.3. The Bertz CT molecular complexity index is 764. The van der Waals surface area contributed by atoms with Gasteiger partial charge >= 0.3 is 0 Å². The summed E-state index contributed by atoms with van der Waals surface area (Å²) in [5.74, 6) is 1.68. The summed E-state index contributed by atoms with van der Waals surface area (Å²) in [5.41, 5.74) is 0.905. The number of carbonyl (C=O) groups is 1. The van der Waals surface area contributed by atoms with Crippen LogP contribution in [0.25, 0.3) is 5.82 Å². The Kier molecular flexibility index (Phi) is 4.32. The third kappa shape index (κ3) is 3.94. The van der Waals surface area contributed by atoms with Crippen molar-refractivity contribution in [2.45, 2.75) is 13.5 Å². The molecule has 0 spiro atoms. The van der Waals surface area contributed by atoms with Crippen molar-refractivity contribution in [2.24, 2.45) is 0 Å². The first-order chi connectivity index (χ1) is 11.2. The zero-order valence-corrected chi connectivity index (χ0v) is 12.6. The van der Waals surface area contributed by atoms with Gasteiger partial charge in [-0.1, -0.05) is 0 Å². The summed E-state index contributed by atoms with van der Waals surface area (Å²) in [4.78, 5) is 11.7. The highest BCUT2D eigenvalue weighted by molar-refractivity contribution is 5.80. The molecular formula is C15H16N6O2. The molecule has 0 saturated heterocycles. The van der Waals surface area contributed by atoms with Crippen LogP contribution in [0, 0.1) is 6.92 Å². The normalized spacial score (nSPS) is 10.5. The second-order valence-corrected chi connectivity index (χ2v) is 4.89. The predicted molar refractivity (Wildman–Crippen MR) is 82.9 cm³/mol. The maximum absolute atomic E-state index is 11.7. The van der Waals surface area contributed by atoms with Gasteiger partial charge in [0.05, 0.1) is 25.0 Å². The molecule has 1 amide bonds. The third-order valence-electron chi connectivity index (χ3n) is 3.08. The van der Waals surface area contributed by atoms with Crippen molar-refractivity contribution in [1.29, 1.82) is 0 Å². The summed E-state index contributed by atoms with van der Waals surface area (Å²) < 4.78 is 6.78. The zero-order chi connectivity index (χ0) is 16.1. The molecule has 0 aliphatic rings. The highest BCUT2D eigenvalue weighted by Crippen LogP contribution is 2.06. The van der Waals surface area contributed by atoms with E-state index in [1.807, 2.05) is 19.2 Å². The molecule has 3 heterocycles. The Labute approximate surface area is 132 Å². The topological polar surface area (TPSA) is 97.9 Å². The Morgan fingerprint density at radius 2 is 2.17 bits per heavy atom. The lowest BCUT2D eigenvalue weighted by molar-refractivity contribution is -0.119. The lowest BCUT2D eigenvalue weighted by Crippen LogP contribution is -2.29. The molecule has 8 heteroatoms. The number of anilines is 1. The Hall–Kier alpha value is -3.16. The van der Waals surface area contributed by atoms with E-state index < -0.39 is 0 Å². The third-order valence-corrected chi connectivity index (χ3v) is 3.08. The molecule has 0 atom stereocenters. The molecule has 23 heavy (non-hydrogen) atoms. The number of nitrogens with one attached hydrogen (secondary N) is 2. The highest BCUT2D eigenvalue weighted by Gasteiger charge is 2.05. The Morgan fingerprint density at radius 1 is 1.26 bits per heavy atom. The molecule has 0 radical (unpaired) electrons. The van der Waals surface area contributed by atoms with E-state index in [0.717, 1.165) is 5.69 Å². The molecule has 8 nitrogen and oxygen atoms in total. The number of furan rings is 1. The van der Waals surface area contributed by atoms with Gasteiger partial charge in [0, 0.05) is 6.20 Å². The van der Waals surface area contributed by atoms with Gasteiger partial charge < -0.3 is 15.1 Å². The van der Waals surface area contributed by atoms with Crippen LogP contribution < -0.4 is 10.6 Å². The van der Waals surface area contributed by atoms with Crippen LogP contribution in [0.15, 0.2) is 47.2 Å². The van der Waals surface area contributed by atoms with E-state index in [4.69, 9.17) is 4.42 Å². The fraction of sp³-hybridized carbons (Fsp3) is 0.200. The summed E-state index contributed by atoms with van der Waals surface area (Å²) in [6, 6.07) is 8.99. The average Bonchev–Trinajstić information content (AvgIpc) is 3.23. The minimum absolute atomic E-state index is 0.107. The van der Waals surface area contributed by atoms with Gasteiger partial charge in [0.2, 0.25) is 5.91 Å². The minimum Gasteiger partial charge on any atom is -0.467 e. The van der Waals surface area contributed by atoms with Gasteiger partial charge in [0.1, 0.15) is 11.6 Å². The van der Waals surface area contributed by atoms with Gasteiger partial charge in [-0.2, -0.15) is 5.10 Å². The molecule has 0 bridgehead atoms. The summed E-state index contributed by atoms with van der Waals surface area (Å²) >= 11 is 0. The van der Waals surface area contributed by atoms with Crippen LogP contribution in [0.4, 0.5) is 5.82 Å². The molecule has 2 N–H and O–H groups in total. The number of nitrogens with zero attached hydrogens (tertiary/aromatic N) is 4. The maximum Gasteiger partial charge on any atom is 0.239 e. The number of carbonyl (C=O) groups excluding carboxylic acids is 1. The number of aryl methyl sites for hydroxylation is 1. The van der Waals surface area contributed by atoms with Crippen LogP contribution in [0.5, 0.6) is 0 Å². The van der Waals surface area contributed by atoms with Crippen molar-refractivity contribution in [3.05, 3.63) is 54.2 Å². The monoisotopic (exact) mass is 312 g/mol. The van der Waals surface area contributed by atoms with Crippen molar-refractivity contribution >= 4 is 11.7 Å². The van der Waals surface area contributed by atoms with Gasteiger partial charge in [0.25, 0.3) is 0 Å². The van der Waals surface area contributed by atoms with Crippen LogP contribution in [-0.2, 0) is 11.3 Å². The van der Waals surface area contributed by atoms with Gasteiger partial charge in [-0.15, -0.1) is 10.2 Å². The van der Waals surface area contributed by atoms with Crippen LogP contribution in [-0.4, -0.2) is 32.4 Å². The van der Waals surface area contributed by atoms with E-state index in [0.29, 0.717) is 23.9 Å². The standard InChI is InChI=1S/C15H16N6O2/c1-11-6-7-21(20-11)14-5-4-13(18-19-14)16-10-15(22)17-9-12-3-2-8-23-12/h2-8H,9-10H2,1H3,(H,16,18)(H,17,22). The lowest BCUT2D eigenvalue weighted by Gasteiger charge is -2.06. The number of rotatable bonds is 6. The number of hydrogen-bond donors (Lipinski definition) is 2. The van der Waals surface area contributed by atoms with Crippen molar-refractivity contribution in [2.75, 3.05) is 11.9 Å². The zero-order valence-electron chi connectivity index (χ0n) is 12.6. The summed E-state index contributed by atoms with van der Waals surface area (Å²) in [6.45, 7) is 2.37. The number of aromatic nitrogens is 4. The van der Waals surface area contributed by atoms with Gasteiger partial charge in [-0.3, -0.25) is 4.79 Å². The molecule has 0 fully saturated rings. The van der Waals surface area contributed by atoms with Crippen molar-refractivity contribution in [3.8, 4) is 5.82 Å². The average molecular weight is 312 g/mol. The van der Waals surface area contributed by atoms with Crippen LogP contribution in [0.1, 0.15) is 11.5 Å². The number of hydrogen-bond acceptors (Lipinski definition) is 6. The molecule has 118 valence electrons. The van der Waals surface area contributed by atoms with Crippen LogP contribution in [0.3, 0.4) is 0 Å². The first kappa shape index (κ1) is 14.8. The molecule has 3 aromatic rings. The smallest absolute Gasteiger partial charge is 0.239 e. The summed E-state index contributed by atoms with van der Waals surface area (Å²) in [5, 5.41) is 18.0. The van der Waals surface area contributed by atoms with Crippen molar-refractivity contribution in [1.82, 2.24) is 25.3 Å². The number of amides is 1. The fourth-order valence-electron chi connectivity index (χ4n) is 1.92. The largest absolute Gasteiger partial charge is 0.467 e. The second-order valence-electron chi connectivity index (χ2n) is 4.89. The minimum atomic E-state index is -0.157. The van der Waals surface area contributed by atoms with Gasteiger partial charge in [-0.05, 0) is 37.3 Å². The molecule has 0 aliphatic carbocycles. The summed E-state index contributed by atoms with van der Waals surface area (Å²) in [6.07, 6.45) is 3.38. The van der Waals surface area contributed by atoms with E-state index in [1.165, 1.54) is 0 Å². The first-order valence-electron chi connectivity index (χ1n) is 7.10. The van der Waals surface area contributed by atoms with Crippen LogP contribution >= 0.6 is 0 Å². The molecule has 0 saturated carbocycles. The molecule has 3 aromatic heterocycles. The van der Waals surface area contributed by atoms with Crippen molar-refractivity contribution < 1.29 is 9.21 Å². The SMILES string of the molecule is Cc1ccn(-c2ccc(NCC(=O)NCc3ccco3)nn2)n1. The van der Waals surface area contributed by atoms with Crippen LogP contribution in [0.2, 0.25) is 0 Å². The molecular weight excluding hydrogens is 296 g/mol.